The molecule has 31 heavy (non-hydrogen) atoms. The van der Waals surface area contributed by atoms with Crippen LogP contribution in [0.5, 0.6) is 0 Å². The number of aromatic nitrogens is 3. The highest BCUT2D eigenvalue weighted by Gasteiger charge is 2.25. The van der Waals surface area contributed by atoms with Crippen molar-refractivity contribution >= 4 is 28.3 Å². The molecule has 0 fully saturated rings. The van der Waals surface area contributed by atoms with E-state index in [9.17, 15) is 14.4 Å². The van der Waals surface area contributed by atoms with Gasteiger partial charge >= 0.3 is 5.69 Å². The molecule has 1 amide bonds. The van der Waals surface area contributed by atoms with Crippen molar-refractivity contribution < 1.29 is 4.79 Å². The van der Waals surface area contributed by atoms with Crippen LogP contribution < -0.4 is 21.9 Å². The Balaban J connectivity index is 1.78. The number of nitrogens with two attached hydrogens (primary N) is 1. The predicted molar refractivity (Wildman–Crippen MR) is 120 cm³/mol. The highest BCUT2D eigenvalue weighted by Crippen LogP contribution is 2.20. The maximum atomic E-state index is 13.2. The van der Waals surface area contributed by atoms with E-state index in [1.165, 1.54) is 9.47 Å². The number of hydrogen-bond acceptors (Lipinski definition) is 5. The molecule has 0 unspecified atom stereocenters. The Morgan fingerprint density at radius 2 is 1.74 bits per heavy atom. The third-order valence-corrected chi connectivity index (χ3v) is 5.05. The zero-order valence-electron chi connectivity index (χ0n) is 16.9. The number of carbonyl (C=O) groups is 1. The van der Waals surface area contributed by atoms with Gasteiger partial charge in [0.2, 0.25) is 0 Å². The minimum atomic E-state index is -0.720. The molecule has 0 spiro atoms. The average molecular weight is 415 g/mol. The number of H-pyrrole nitrogens is 1. The summed E-state index contributed by atoms with van der Waals surface area (Å²) in [6.45, 7) is 2.06. The van der Waals surface area contributed by atoms with Crippen LogP contribution in [-0.4, -0.2) is 27.0 Å². The number of rotatable bonds is 5. The first-order valence-corrected chi connectivity index (χ1v) is 9.83. The molecule has 0 aliphatic carbocycles. The zero-order chi connectivity index (χ0) is 22.0. The number of fused-ring (bicyclic) bond motifs is 1. The van der Waals surface area contributed by atoms with Crippen molar-refractivity contribution in [3.8, 4) is 0 Å². The third-order valence-electron chi connectivity index (χ3n) is 5.05. The van der Waals surface area contributed by atoms with Crippen molar-refractivity contribution in [1.29, 1.82) is 0 Å². The largest absolute Gasteiger partial charge is 0.383 e. The quantitative estimate of drug-likeness (QED) is 0.519. The highest BCUT2D eigenvalue weighted by atomic mass is 16.2. The molecule has 2 heterocycles. The van der Waals surface area contributed by atoms with Gasteiger partial charge in [0.25, 0.3) is 11.5 Å². The van der Waals surface area contributed by atoms with Gasteiger partial charge in [-0.25, -0.2) is 9.78 Å². The van der Waals surface area contributed by atoms with E-state index in [2.05, 4.69) is 9.97 Å². The molecule has 2 aromatic heterocycles. The molecule has 2 aromatic carbocycles. The number of para-hydroxylation sites is 1. The smallest absolute Gasteiger partial charge is 0.330 e. The fourth-order valence-corrected chi connectivity index (χ4v) is 3.49. The summed E-state index contributed by atoms with van der Waals surface area (Å²) < 4.78 is 1.25. The van der Waals surface area contributed by atoms with E-state index in [1.807, 2.05) is 54.6 Å². The van der Waals surface area contributed by atoms with Crippen LogP contribution in [0.25, 0.3) is 10.9 Å². The molecule has 4 rings (SSSR count). The second kappa shape index (κ2) is 8.27. The van der Waals surface area contributed by atoms with Gasteiger partial charge in [-0.2, -0.15) is 0 Å². The summed E-state index contributed by atoms with van der Waals surface area (Å²) in [6, 6.07) is 20.1. The van der Waals surface area contributed by atoms with Crippen LogP contribution in [0.2, 0.25) is 0 Å². The van der Waals surface area contributed by atoms with Gasteiger partial charge in [0.15, 0.2) is 5.69 Å². The van der Waals surface area contributed by atoms with E-state index in [4.69, 9.17) is 5.73 Å². The fourth-order valence-electron chi connectivity index (χ4n) is 3.49. The SMILES string of the molecule is CCN(C(=O)c1ccc2ccccc2n1)c1c(N)n(Cc2ccccc2)c(=O)[nH]c1=O. The molecule has 0 saturated carbocycles. The van der Waals surface area contributed by atoms with Crippen molar-refractivity contribution in [2.75, 3.05) is 17.2 Å². The van der Waals surface area contributed by atoms with Crippen LogP contribution in [0.15, 0.2) is 76.3 Å². The number of nitrogens with zero attached hydrogens (tertiary/aromatic N) is 3. The number of hydrogen-bond donors (Lipinski definition) is 2. The second-order valence-corrected chi connectivity index (χ2v) is 7.00. The Hall–Kier alpha value is -4.20. The van der Waals surface area contributed by atoms with Crippen molar-refractivity contribution in [1.82, 2.24) is 14.5 Å². The fraction of sp³-hybridized carbons (Fsp3) is 0.130. The van der Waals surface area contributed by atoms with E-state index in [1.54, 1.807) is 19.1 Å². The molecule has 156 valence electrons. The molecular formula is C23H21N5O3. The zero-order valence-corrected chi connectivity index (χ0v) is 16.9. The molecule has 8 nitrogen and oxygen atoms in total. The summed E-state index contributed by atoms with van der Waals surface area (Å²) in [7, 11) is 0. The number of pyridine rings is 1. The summed E-state index contributed by atoms with van der Waals surface area (Å²) in [4.78, 5) is 46.3. The Kier molecular flexibility index (Phi) is 5.36. The summed E-state index contributed by atoms with van der Waals surface area (Å²) in [6.07, 6.45) is 0. The summed E-state index contributed by atoms with van der Waals surface area (Å²) >= 11 is 0. The lowest BCUT2D eigenvalue weighted by Crippen LogP contribution is -2.41. The van der Waals surface area contributed by atoms with Gasteiger partial charge in [-0.05, 0) is 24.6 Å². The van der Waals surface area contributed by atoms with Crippen molar-refractivity contribution in [2.24, 2.45) is 0 Å². The number of anilines is 2. The molecule has 0 aliphatic heterocycles. The molecule has 0 radical (unpaired) electrons. The van der Waals surface area contributed by atoms with Crippen LogP contribution in [0, 0.1) is 0 Å². The number of carbonyl (C=O) groups excluding carboxylic acids is 1. The first-order chi connectivity index (χ1) is 15.0. The van der Waals surface area contributed by atoms with Gasteiger partial charge in [-0.3, -0.25) is 24.0 Å². The third kappa shape index (κ3) is 3.83. The molecule has 4 aromatic rings. The Morgan fingerprint density at radius 1 is 1.03 bits per heavy atom. The first kappa shape index (κ1) is 20.1. The van der Waals surface area contributed by atoms with Crippen molar-refractivity contribution in [2.45, 2.75) is 13.5 Å². The number of nitrogens with one attached hydrogen (secondary N) is 1. The molecule has 0 saturated heterocycles. The van der Waals surface area contributed by atoms with E-state index in [0.29, 0.717) is 5.52 Å². The molecule has 0 aliphatic rings. The predicted octanol–water partition coefficient (Wildman–Crippen LogP) is 2.38. The monoisotopic (exact) mass is 415 g/mol. The highest BCUT2D eigenvalue weighted by molar-refractivity contribution is 6.06. The van der Waals surface area contributed by atoms with Crippen LogP contribution in [0.4, 0.5) is 11.5 Å². The van der Waals surface area contributed by atoms with Gasteiger partial charge in [0.05, 0.1) is 12.1 Å². The molecule has 8 heteroatoms. The number of amides is 1. The maximum absolute atomic E-state index is 13.2. The van der Waals surface area contributed by atoms with E-state index in [-0.39, 0.29) is 30.3 Å². The molecule has 0 bridgehead atoms. The van der Waals surface area contributed by atoms with Crippen molar-refractivity contribution in [3.63, 3.8) is 0 Å². The number of benzene rings is 2. The topological polar surface area (TPSA) is 114 Å². The maximum Gasteiger partial charge on any atom is 0.330 e. The van der Waals surface area contributed by atoms with Gasteiger partial charge in [0, 0.05) is 11.9 Å². The van der Waals surface area contributed by atoms with Gasteiger partial charge in [0.1, 0.15) is 11.5 Å². The molecular weight excluding hydrogens is 394 g/mol. The lowest BCUT2D eigenvalue weighted by Gasteiger charge is -2.23. The van der Waals surface area contributed by atoms with Gasteiger partial charge in [-0.15, -0.1) is 0 Å². The van der Waals surface area contributed by atoms with Crippen LogP contribution >= 0.6 is 0 Å². The average Bonchev–Trinajstić information content (AvgIpc) is 2.79. The summed E-state index contributed by atoms with van der Waals surface area (Å²) in [5, 5.41) is 0.899. The van der Waals surface area contributed by atoms with Gasteiger partial charge < -0.3 is 5.73 Å². The second-order valence-electron chi connectivity index (χ2n) is 7.00. The lowest BCUT2D eigenvalue weighted by molar-refractivity contribution is 0.0983. The first-order valence-electron chi connectivity index (χ1n) is 9.83. The minimum absolute atomic E-state index is 0.0713. The van der Waals surface area contributed by atoms with E-state index >= 15 is 0 Å². The standard InChI is InChI=1S/C23H21N5O3/c1-2-27(22(30)18-13-12-16-10-6-7-11-17(16)25-18)19-20(24)28(23(31)26-21(19)29)14-15-8-4-3-5-9-15/h3-13H,2,14,24H2,1H3,(H,26,29,31). The lowest BCUT2D eigenvalue weighted by atomic mass is 10.2. The van der Waals surface area contributed by atoms with E-state index < -0.39 is 17.2 Å². The molecule has 0 atom stereocenters. The minimum Gasteiger partial charge on any atom is -0.383 e. The summed E-state index contributed by atoms with van der Waals surface area (Å²) in [5.41, 5.74) is 6.50. The van der Waals surface area contributed by atoms with E-state index in [0.717, 1.165) is 10.9 Å². The Bertz CT molecular complexity index is 1380. The van der Waals surface area contributed by atoms with Gasteiger partial charge in [-0.1, -0.05) is 54.6 Å². The Labute approximate surface area is 177 Å². The number of aromatic amines is 1. The van der Waals surface area contributed by atoms with Crippen LogP contribution in [-0.2, 0) is 6.54 Å². The Morgan fingerprint density at radius 3 is 2.48 bits per heavy atom. The number of nitrogen functional groups attached to an aromatic ring is 1. The summed E-state index contributed by atoms with van der Waals surface area (Å²) in [5.74, 6) is -0.552. The normalized spacial score (nSPS) is 10.9. The van der Waals surface area contributed by atoms with Crippen molar-refractivity contribution in [3.05, 3.63) is 98.8 Å². The molecule has 3 N–H and O–H groups in total. The van der Waals surface area contributed by atoms with Crippen LogP contribution in [0.1, 0.15) is 23.0 Å². The van der Waals surface area contributed by atoms with Crippen LogP contribution in [0.3, 0.4) is 0 Å².